The number of hydrogen-bond acceptors (Lipinski definition) is 5. The van der Waals surface area contributed by atoms with Crippen molar-refractivity contribution < 1.29 is 14.7 Å². The van der Waals surface area contributed by atoms with E-state index < -0.39 is 10.7 Å². The predicted octanol–water partition coefficient (Wildman–Crippen LogP) is 5.34. The van der Waals surface area contributed by atoms with Crippen LogP contribution in [0.3, 0.4) is 0 Å². The van der Waals surface area contributed by atoms with Crippen molar-refractivity contribution in [3.8, 4) is 11.4 Å². The Morgan fingerprint density at radius 1 is 1.16 bits per heavy atom. The molecule has 0 radical (unpaired) electrons. The highest BCUT2D eigenvalue weighted by Crippen LogP contribution is 2.34. The van der Waals surface area contributed by atoms with E-state index in [-0.39, 0.29) is 5.91 Å². The Bertz CT molecular complexity index is 1060. The monoisotopic (exact) mass is 452 g/mol. The van der Waals surface area contributed by atoms with Crippen molar-refractivity contribution >= 4 is 29.3 Å². The van der Waals surface area contributed by atoms with Crippen LogP contribution in [0.1, 0.15) is 50.5 Å². The van der Waals surface area contributed by atoms with Crippen LogP contribution < -0.4 is 5.32 Å². The summed E-state index contributed by atoms with van der Waals surface area (Å²) in [5, 5.41) is 12.2. The van der Waals surface area contributed by atoms with Crippen molar-refractivity contribution in [3.63, 3.8) is 0 Å². The molecule has 0 saturated carbocycles. The van der Waals surface area contributed by atoms with Gasteiger partial charge in [-0.15, -0.1) is 11.8 Å². The number of amides is 1. The molecule has 0 atom stereocenters. The number of thioether (sulfide) groups is 1. The lowest BCUT2D eigenvalue weighted by Crippen LogP contribution is -2.26. The summed E-state index contributed by atoms with van der Waals surface area (Å²) in [5.41, 5.74) is 1.83. The number of carbonyl (C=O) groups excluding carboxylic acids is 1. The van der Waals surface area contributed by atoms with E-state index in [9.17, 15) is 14.7 Å². The number of imidazole rings is 1. The number of unbranched alkanes of at least 4 members (excludes halogenated alkanes) is 2. The number of aliphatic carboxylic acids is 1. The van der Waals surface area contributed by atoms with Crippen LogP contribution in [-0.2, 0) is 11.3 Å². The molecular formula is C24H28N4O3S. The number of nitrogens with one attached hydrogen (secondary N) is 1. The molecule has 0 aliphatic heterocycles. The SMILES string of the molecule is CCCCCn1cc(C(=O)Nc2cccnc2)nc1-c1ccc(SC(C)(C)C(=O)O)cc1. The summed E-state index contributed by atoms with van der Waals surface area (Å²) < 4.78 is 1.09. The summed E-state index contributed by atoms with van der Waals surface area (Å²) in [6.07, 6.45) is 8.21. The van der Waals surface area contributed by atoms with E-state index in [0.717, 1.165) is 36.3 Å². The van der Waals surface area contributed by atoms with Crippen LogP contribution in [0.15, 0.2) is 59.9 Å². The molecule has 0 bridgehead atoms. The fourth-order valence-corrected chi connectivity index (χ4v) is 4.05. The van der Waals surface area contributed by atoms with Crippen molar-refractivity contribution in [1.29, 1.82) is 0 Å². The van der Waals surface area contributed by atoms with Gasteiger partial charge in [-0.05, 0) is 44.5 Å². The number of carboxylic acids is 1. The Labute approximate surface area is 192 Å². The minimum Gasteiger partial charge on any atom is -0.480 e. The maximum absolute atomic E-state index is 12.7. The molecule has 0 spiro atoms. The van der Waals surface area contributed by atoms with Crippen LogP contribution in [0.2, 0.25) is 0 Å². The third-order valence-corrected chi connectivity index (χ3v) is 6.12. The van der Waals surface area contributed by atoms with E-state index in [1.165, 1.54) is 11.8 Å². The molecule has 8 heteroatoms. The van der Waals surface area contributed by atoms with Crippen LogP contribution in [0.5, 0.6) is 0 Å². The molecule has 2 N–H and O–H groups in total. The fraction of sp³-hybridized carbons (Fsp3) is 0.333. The van der Waals surface area contributed by atoms with Crippen LogP contribution in [0.25, 0.3) is 11.4 Å². The van der Waals surface area contributed by atoms with Gasteiger partial charge in [-0.2, -0.15) is 0 Å². The number of carboxylic acid groups (broad SMARTS) is 1. The second-order valence-corrected chi connectivity index (χ2v) is 9.68. The molecular weight excluding hydrogens is 424 g/mol. The average molecular weight is 453 g/mol. The van der Waals surface area contributed by atoms with Gasteiger partial charge in [0.25, 0.3) is 5.91 Å². The maximum atomic E-state index is 12.7. The van der Waals surface area contributed by atoms with Gasteiger partial charge < -0.3 is 15.0 Å². The smallest absolute Gasteiger partial charge is 0.319 e. The van der Waals surface area contributed by atoms with E-state index >= 15 is 0 Å². The first-order chi connectivity index (χ1) is 15.3. The molecule has 2 heterocycles. The van der Waals surface area contributed by atoms with Gasteiger partial charge in [-0.1, -0.05) is 31.9 Å². The van der Waals surface area contributed by atoms with Gasteiger partial charge >= 0.3 is 5.97 Å². The van der Waals surface area contributed by atoms with Gasteiger partial charge in [0.05, 0.1) is 11.9 Å². The quantitative estimate of drug-likeness (QED) is 0.318. The minimum atomic E-state index is -0.919. The average Bonchev–Trinajstić information content (AvgIpc) is 3.19. The second kappa shape index (κ2) is 10.5. The summed E-state index contributed by atoms with van der Waals surface area (Å²) in [6, 6.07) is 11.2. The Morgan fingerprint density at radius 3 is 2.53 bits per heavy atom. The lowest BCUT2D eigenvalue weighted by atomic mass is 10.2. The third-order valence-electron chi connectivity index (χ3n) is 4.93. The van der Waals surface area contributed by atoms with Gasteiger partial charge in [0.15, 0.2) is 0 Å². The highest BCUT2D eigenvalue weighted by molar-refractivity contribution is 8.01. The normalized spacial score (nSPS) is 11.3. The van der Waals surface area contributed by atoms with Crippen LogP contribution in [0, 0.1) is 0 Å². The summed E-state index contributed by atoms with van der Waals surface area (Å²) in [6.45, 7) is 6.28. The molecule has 0 aliphatic carbocycles. The summed E-state index contributed by atoms with van der Waals surface area (Å²) in [5.74, 6) is -0.433. The highest BCUT2D eigenvalue weighted by Gasteiger charge is 2.28. The zero-order valence-electron chi connectivity index (χ0n) is 18.5. The number of benzene rings is 1. The van der Waals surface area contributed by atoms with Crippen molar-refractivity contribution in [2.75, 3.05) is 5.32 Å². The molecule has 7 nitrogen and oxygen atoms in total. The molecule has 3 aromatic rings. The lowest BCUT2D eigenvalue weighted by molar-refractivity contribution is -0.138. The van der Waals surface area contributed by atoms with Crippen LogP contribution in [-0.4, -0.2) is 36.3 Å². The number of aromatic nitrogens is 3. The molecule has 0 saturated heterocycles. The number of hydrogen-bond donors (Lipinski definition) is 2. The zero-order chi connectivity index (χ0) is 23.1. The molecule has 0 unspecified atom stereocenters. The number of aryl methyl sites for hydroxylation is 1. The molecule has 0 aliphatic rings. The molecule has 3 rings (SSSR count). The van der Waals surface area contributed by atoms with Gasteiger partial charge in [0.2, 0.25) is 0 Å². The molecule has 2 aromatic heterocycles. The van der Waals surface area contributed by atoms with E-state index in [2.05, 4.69) is 22.2 Å². The molecule has 168 valence electrons. The Balaban J connectivity index is 1.85. The largest absolute Gasteiger partial charge is 0.480 e. The number of pyridine rings is 1. The topological polar surface area (TPSA) is 97.1 Å². The number of anilines is 1. The highest BCUT2D eigenvalue weighted by atomic mass is 32.2. The van der Waals surface area contributed by atoms with Gasteiger partial charge in [-0.25, -0.2) is 4.98 Å². The Kier molecular flexibility index (Phi) is 7.69. The van der Waals surface area contributed by atoms with Crippen molar-refractivity contribution in [1.82, 2.24) is 14.5 Å². The Hall–Kier alpha value is -3.13. The molecule has 1 amide bonds. The lowest BCUT2D eigenvalue weighted by Gasteiger charge is -2.18. The van der Waals surface area contributed by atoms with E-state index in [1.807, 2.05) is 28.8 Å². The number of nitrogens with zero attached hydrogens (tertiary/aromatic N) is 3. The maximum Gasteiger partial charge on any atom is 0.319 e. The Morgan fingerprint density at radius 2 is 1.91 bits per heavy atom. The number of rotatable bonds is 10. The van der Waals surface area contributed by atoms with Crippen molar-refractivity contribution in [3.05, 3.63) is 60.7 Å². The van der Waals surface area contributed by atoms with Crippen LogP contribution in [0.4, 0.5) is 5.69 Å². The first-order valence-electron chi connectivity index (χ1n) is 10.6. The second-order valence-electron chi connectivity index (χ2n) is 7.99. The minimum absolute atomic E-state index is 0.288. The molecule has 0 fully saturated rings. The standard InChI is InChI=1S/C24H28N4O3S/c1-4-5-6-14-28-16-20(22(29)26-18-8-7-13-25-15-18)27-21(28)17-9-11-19(12-10-17)32-24(2,3)23(30)31/h7-13,15-16H,4-6,14H2,1-3H3,(H,26,29)(H,30,31). The summed E-state index contributed by atoms with van der Waals surface area (Å²) in [7, 11) is 0. The van der Waals surface area contributed by atoms with E-state index in [0.29, 0.717) is 17.2 Å². The first-order valence-corrected chi connectivity index (χ1v) is 11.4. The predicted molar refractivity (Wildman–Crippen MR) is 127 cm³/mol. The number of carbonyl (C=O) groups is 2. The van der Waals surface area contributed by atoms with Crippen molar-refractivity contribution in [2.24, 2.45) is 0 Å². The zero-order valence-corrected chi connectivity index (χ0v) is 19.4. The fourth-order valence-electron chi connectivity index (χ4n) is 3.10. The summed E-state index contributed by atoms with van der Waals surface area (Å²) in [4.78, 5) is 33.6. The molecule has 1 aromatic carbocycles. The third kappa shape index (κ3) is 5.97. The molecule has 32 heavy (non-hydrogen) atoms. The van der Waals surface area contributed by atoms with Crippen LogP contribution >= 0.6 is 11.8 Å². The van der Waals surface area contributed by atoms with E-state index in [4.69, 9.17) is 0 Å². The summed E-state index contributed by atoms with van der Waals surface area (Å²) >= 11 is 1.29. The van der Waals surface area contributed by atoms with Gasteiger partial charge in [-0.3, -0.25) is 14.6 Å². The first kappa shape index (κ1) is 23.5. The van der Waals surface area contributed by atoms with Gasteiger partial charge in [0.1, 0.15) is 16.3 Å². The van der Waals surface area contributed by atoms with E-state index in [1.54, 1.807) is 44.6 Å². The van der Waals surface area contributed by atoms with Crippen molar-refractivity contribution in [2.45, 2.75) is 56.2 Å². The van der Waals surface area contributed by atoms with Gasteiger partial charge in [0, 0.05) is 29.4 Å².